The number of carbonyl (C=O) groups excluding carboxylic acids is 1. The molecule has 0 aliphatic heterocycles. The van der Waals surface area contributed by atoms with Crippen molar-refractivity contribution in [2.75, 3.05) is 20.8 Å². The third-order valence-corrected chi connectivity index (χ3v) is 4.68. The van der Waals surface area contributed by atoms with Crippen LogP contribution in [0.3, 0.4) is 0 Å². The van der Waals surface area contributed by atoms with Crippen LogP contribution in [-0.4, -0.2) is 26.7 Å². The van der Waals surface area contributed by atoms with E-state index in [0.29, 0.717) is 18.0 Å². The molecule has 0 bridgehead atoms. The van der Waals surface area contributed by atoms with Gasteiger partial charge in [0.2, 0.25) is 5.91 Å². The number of amides is 1. The van der Waals surface area contributed by atoms with E-state index in [-0.39, 0.29) is 11.3 Å². The van der Waals surface area contributed by atoms with Crippen LogP contribution in [0.25, 0.3) is 6.08 Å². The molecule has 2 aromatic rings. The van der Waals surface area contributed by atoms with E-state index >= 15 is 0 Å². The molecule has 1 aliphatic rings. The fraction of sp³-hybridized carbons (Fsp3) is 0.286. The Labute approximate surface area is 148 Å². The van der Waals surface area contributed by atoms with E-state index in [9.17, 15) is 4.79 Å². The van der Waals surface area contributed by atoms with E-state index in [1.54, 1.807) is 26.4 Å². The van der Waals surface area contributed by atoms with Gasteiger partial charge in [-0.2, -0.15) is 0 Å². The van der Waals surface area contributed by atoms with Gasteiger partial charge >= 0.3 is 0 Å². The summed E-state index contributed by atoms with van der Waals surface area (Å²) in [5, 5.41) is 3.02. The lowest BCUT2D eigenvalue weighted by Gasteiger charge is -2.15. The van der Waals surface area contributed by atoms with Gasteiger partial charge in [0.1, 0.15) is 0 Å². The van der Waals surface area contributed by atoms with Crippen LogP contribution in [0.2, 0.25) is 0 Å². The maximum absolute atomic E-state index is 12.1. The second kappa shape index (κ2) is 7.43. The first-order valence-electron chi connectivity index (χ1n) is 8.40. The van der Waals surface area contributed by atoms with Crippen LogP contribution in [0.5, 0.6) is 11.5 Å². The number of rotatable bonds is 7. The van der Waals surface area contributed by atoms with Crippen LogP contribution < -0.4 is 14.8 Å². The Bertz CT molecular complexity index is 764. The van der Waals surface area contributed by atoms with Gasteiger partial charge in [-0.3, -0.25) is 4.79 Å². The summed E-state index contributed by atoms with van der Waals surface area (Å²) in [5.74, 6) is 1.23. The highest BCUT2D eigenvalue weighted by atomic mass is 16.5. The summed E-state index contributed by atoms with van der Waals surface area (Å²) in [6.07, 6.45) is 5.58. The van der Waals surface area contributed by atoms with Crippen molar-refractivity contribution in [3.8, 4) is 11.5 Å². The van der Waals surface area contributed by atoms with Gasteiger partial charge in [0.05, 0.1) is 14.2 Å². The average Bonchev–Trinajstić information content (AvgIpc) is 3.46. The van der Waals surface area contributed by atoms with Crippen molar-refractivity contribution in [2.45, 2.75) is 18.3 Å². The van der Waals surface area contributed by atoms with Crippen LogP contribution in [0.15, 0.2) is 54.6 Å². The molecule has 0 atom stereocenters. The molecule has 0 radical (unpaired) electrons. The quantitative estimate of drug-likeness (QED) is 0.786. The van der Waals surface area contributed by atoms with Crippen molar-refractivity contribution in [2.24, 2.45) is 0 Å². The summed E-state index contributed by atoms with van der Waals surface area (Å²) in [4.78, 5) is 12.1. The first-order chi connectivity index (χ1) is 12.2. The molecule has 4 nitrogen and oxygen atoms in total. The van der Waals surface area contributed by atoms with Crippen molar-refractivity contribution in [1.82, 2.24) is 5.32 Å². The van der Waals surface area contributed by atoms with Gasteiger partial charge in [-0.05, 0) is 42.2 Å². The molecule has 25 heavy (non-hydrogen) atoms. The Morgan fingerprint density at radius 1 is 1.08 bits per heavy atom. The molecule has 130 valence electrons. The molecule has 0 saturated heterocycles. The van der Waals surface area contributed by atoms with Crippen LogP contribution >= 0.6 is 0 Å². The molecule has 0 aromatic heterocycles. The lowest BCUT2D eigenvalue weighted by Crippen LogP contribution is -2.30. The normalized spacial score (nSPS) is 15.0. The molecule has 1 saturated carbocycles. The highest BCUT2D eigenvalue weighted by Crippen LogP contribution is 2.47. The zero-order chi connectivity index (χ0) is 17.7. The Balaban J connectivity index is 1.59. The topological polar surface area (TPSA) is 47.6 Å². The van der Waals surface area contributed by atoms with Gasteiger partial charge in [0.25, 0.3) is 0 Å². The van der Waals surface area contributed by atoms with Crippen LogP contribution in [0.4, 0.5) is 0 Å². The Hall–Kier alpha value is -2.75. The molecule has 1 N–H and O–H groups in total. The zero-order valence-electron chi connectivity index (χ0n) is 14.6. The molecule has 4 heteroatoms. The van der Waals surface area contributed by atoms with Crippen LogP contribution in [0.1, 0.15) is 24.0 Å². The number of ether oxygens (including phenoxy) is 2. The van der Waals surface area contributed by atoms with Gasteiger partial charge < -0.3 is 14.8 Å². The molecule has 1 amide bonds. The molecule has 0 spiro atoms. The van der Waals surface area contributed by atoms with Crippen molar-refractivity contribution >= 4 is 12.0 Å². The summed E-state index contributed by atoms with van der Waals surface area (Å²) >= 11 is 0. The number of hydrogen-bond donors (Lipinski definition) is 1. The molecule has 0 unspecified atom stereocenters. The van der Waals surface area contributed by atoms with Gasteiger partial charge in [-0.25, -0.2) is 0 Å². The highest BCUT2D eigenvalue weighted by molar-refractivity contribution is 5.91. The lowest BCUT2D eigenvalue weighted by atomic mass is 9.96. The van der Waals surface area contributed by atoms with E-state index in [1.807, 2.05) is 36.4 Å². The second-order valence-electron chi connectivity index (χ2n) is 6.31. The fourth-order valence-electron chi connectivity index (χ4n) is 2.95. The Morgan fingerprint density at radius 3 is 2.44 bits per heavy atom. The maximum Gasteiger partial charge on any atom is 0.244 e. The molecule has 0 heterocycles. The number of hydrogen-bond acceptors (Lipinski definition) is 3. The molecule has 1 aliphatic carbocycles. The van der Waals surface area contributed by atoms with Gasteiger partial charge in [0.15, 0.2) is 11.5 Å². The number of methoxy groups -OCH3 is 2. The highest BCUT2D eigenvalue weighted by Gasteiger charge is 2.43. The first kappa shape index (κ1) is 17.1. The summed E-state index contributed by atoms with van der Waals surface area (Å²) < 4.78 is 10.5. The maximum atomic E-state index is 12.1. The average molecular weight is 337 g/mol. The van der Waals surface area contributed by atoms with Crippen LogP contribution in [-0.2, 0) is 10.2 Å². The minimum absolute atomic E-state index is 0.0861. The third-order valence-electron chi connectivity index (χ3n) is 4.68. The van der Waals surface area contributed by atoms with E-state index in [2.05, 4.69) is 17.4 Å². The molecular formula is C21H23NO3. The van der Waals surface area contributed by atoms with E-state index in [4.69, 9.17) is 9.47 Å². The summed E-state index contributed by atoms with van der Waals surface area (Å²) in [5.41, 5.74) is 2.31. The van der Waals surface area contributed by atoms with Gasteiger partial charge in [0, 0.05) is 18.0 Å². The molecule has 1 fully saturated rings. The first-order valence-corrected chi connectivity index (χ1v) is 8.40. The van der Waals surface area contributed by atoms with E-state index in [1.165, 1.54) is 5.56 Å². The smallest absolute Gasteiger partial charge is 0.244 e. The minimum Gasteiger partial charge on any atom is -0.493 e. The summed E-state index contributed by atoms with van der Waals surface area (Å²) in [6.45, 7) is 0.673. The number of carbonyl (C=O) groups is 1. The molecular weight excluding hydrogens is 314 g/mol. The van der Waals surface area contributed by atoms with Crippen molar-refractivity contribution in [3.63, 3.8) is 0 Å². The SMILES string of the molecule is COc1ccc(/C=C/C(=O)NCC2(c3ccccc3)CC2)cc1OC. The molecule has 3 rings (SSSR count). The molecule has 2 aromatic carbocycles. The summed E-state index contributed by atoms with van der Waals surface area (Å²) in [6, 6.07) is 15.9. The van der Waals surface area contributed by atoms with Crippen LogP contribution in [0, 0.1) is 0 Å². The van der Waals surface area contributed by atoms with Crippen molar-refractivity contribution < 1.29 is 14.3 Å². The van der Waals surface area contributed by atoms with Gasteiger partial charge in [-0.1, -0.05) is 36.4 Å². The third kappa shape index (κ3) is 4.02. The predicted molar refractivity (Wildman–Crippen MR) is 98.9 cm³/mol. The van der Waals surface area contributed by atoms with Crippen molar-refractivity contribution in [3.05, 3.63) is 65.7 Å². The lowest BCUT2D eigenvalue weighted by molar-refractivity contribution is -0.116. The fourth-order valence-corrected chi connectivity index (χ4v) is 2.95. The predicted octanol–water partition coefficient (Wildman–Crippen LogP) is 3.57. The standard InChI is InChI=1S/C21H23NO3/c1-24-18-10-8-16(14-19(18)25-2)9-11-20(23)22-15-21(12-13-21)17-6-4-3-5-7-17/h3-11,14H,12-13,15H2,1-2H3,(H,22,23)/b11-9+. The largest absolute Gasteiger partial charge is 0.493 e. The Morgan fingerprint density at radius 2 is 1.80 bits per heavy atom. The van der Waals surface area contributed by atoms with Gasteiger partial charge in [-0.15, -0.1) is 0 Å². The monoisotopic (exact) mass is 337 g/mol. The van der Waals surface area contributed by atoms with E-state index in [0.717, 1.165) is 18.4 Å². The summed E-state index contributed by atoms with van der Waals surface area (Å²) in [7, 11) is 3.19. The van der Waals surface area contributed by atoms with Crippen molar-refractivity contribution in [1.29, 1.82) is 0 Å². The number of benzene rings is 2. The minimum atomic E-state index is -0.0861. The Kier molecular flexibility index (Phi) is 5.08. The number of nitrogens with one attached hydrogen (secondary N) is 1. The van der Waals surface area contributed by atoms with E-state index < -0.39 is 0 Å². The second-order valence-corrected chi connectivity index (χ2v) is 6.31. The zero-order valence-corrected chi connectivity index (χ0v) is 14.6.